The number of halogens is 1. The van der Waals surface area contributed by atoms with Crippen LogP contribution in [0.4, 0.5) is 0 Å². The normalized spacial score (nSPS) is 10.0. The predicted molar refractivity (Wildman–Crippen MR) is 59.0 cm³/mol. The largest absolute Gasteiger partial charge is 0.481 e. The highest BCUT2D eigenvalue weighted by atomic mass is 35.5. The predicted octanol–water partition coefficient (Wildman–Crippen LogP) is 2.81. The van der Waals surface area contributed by atoms with E-state index in [9.17, 15) is 0 Å². The van der Waals surface area contributed by atoms with E-state index in [0.29, 0.717) is 10.9 Å². The van der Waals surface area contributed by atoms with Crippen molar-refractivity contribution in [3.05, 3.63) is 41.7 Å². The first kappa shape index (κ1) is 9.93. The number of rotatable bonds is 2. The van der Waals surface area contributed by atoms with E-state index in [4.69, 9.17) is 16.3 Å². The van der Waals surface area contributed by atoms with Gasteiger partial charge in [0.25, 0.3) is 0 Å². The Balaban J connectivity index is 2.40. The van der Waals surface area contributed by atoms with Gasteiger partial charge in [-0.2, -0.15) is 0 Å². The number of methoxy groups -OCH3 is 1. The van der Waals surface area contributed by atoms with Gasteiger partial charge in [0.1, 0.15) is 0 Å². The highest BCUT2D eigenvalue weighted by Gasteiger charge is 2.01. The summed E-state index contributed by atoms with van der Waals surface area (Å²) in [6.07, 6.45) is 3.30. The Morgan fingerprint density at radius 2 is 2.07 bits per heavy atom. The van der Waals surface area contributed by atoms with Crippen molar-refractivity contribution in [2.45, 2.75) is 0 Å². The van der Waals surface area contributed by atoms with E-state index in [1.807, 2.05) is 18.2 Å². The number of nitrogens with zero attached hydrogens (tertiary/aromatic N) is 2. The fraction of sp³-hybridized carbons (Fsp3) is 0.0909. The molecule has 3 nitrogen and oxygen atoms in total. The Morgan fingerprint density at radius 1 is 1.20 bits per heavy atom. The van der Waals surface area contributed by atoms with Gasteiger partial charge in [-0.15, -0.1) is 0 Å². The van der Waals surface area contributed by atoms with Crippen molar-refractivity contribution in [2.24, 2.45) is 0 Å². The third-order valence-electron chi connectivity index (χ3n) is 1.97. The van der Waals surface area contributed by atoms with E-state index in [0.717, 1.165) is 11.3 Å². The maximum Gasteiger partial charge on any atom is 0.213 e. The molecule has 0 spiro atoms. The molecule has 0 aromatic carbocycles. The molecular weight excluding hydrogens is 212 g/mol. The lowest BCUT2D eigenvalue weighted by Crippen LogP contribution is -1.88. The van der Waals surface area contributed by atoms with Gasteiger partial charge in [0, 0.05) is 24.0 Å². The molecule has 0 atom stereocenters. The third kappa shape index (κ3) is 2.25. The molecule has 0 unspecified atom stereocenters. The topological polar surface area (TPSA) is 35.0 Å². The van der Waals surface area contributed by atoms with Gasteiger partial charge in [-0.05, 0) is 18.2 Å². The second-order valence-electron chi connectivity index (χ2n) is 2.95. The second kappa shape index (κ2) is 4.28. The van der Waals surface area contributed by atoms with Gasteiger partial charge in [-0.3, -0.25) is 4.98 Å². The molecular formula is C11H9ClN2O. The van der Waals surface area contributed by atoms with Gasteiger partial charge < -0.3 is 4.74 Å². The zero-order chi connectivity index (χ0) is 10.7. The van der Waals surface area contributed by atoms with Crippen LogP contribution in [0.3, 0.4) is 0 Å². The minimum atomic E-state index is 0.573. The van der Waals surface area contributed by atoms with E-state index in [2.05, 4.69) is 9.97 Å². The van der Waals surface area contributed by atoms with Crippen molar-refractivity contribution in [3.8, 4) is 17.1 Å². The minimum absolute atomic E-state index is 0.573. The zero-order valence-corrected chi connectivity index (χ0v) is 8.90. The molecule has 0 N–H and O–H groups in total. The van der Waals surface area contributed by atoms with Crippen molar-refractivity contribution in [1.29, 1.82) is 0 Å². The smallest absolute Gasteiger partial charge is 0.213 e. The molecule has 0 aliphatic heterocycles. The standard InChI is InChI=1S/C11H9ClN2O/c1-15-11-6-8(4-5-13-11)10-3-2-9(12)7-14-10/h2-7H,1H3. The molecule has 0 aliphatic carbocycles. The van der Waals surface area contributed by atoms with Crippen LogP contribution in [0.1, 0.15) is 0 Å². The molecule has 2 aromatic heterocycles. The lowest BCUT2D eigenvalue weighted by Gasteiger charge is -2.02. The Kier molecular flexibility index (Phi) is 2.83. The van der Waals surface area contributed by atoms with Crippen LogP contribution in [0.15, 0.2) is 36.7 Å². The first-order valence-corrected chi connectivity index (χ1v) is 4.79. The molecule has 0 aliphatic rings. The quantitative estimate of drug-likeness (QED) is 0.781. The highest BCUT2D eigenvalue weighted by Crippen LogP contribution is 2.20. The summed E-state index contributed by atoms with van der Waals surface area (Å²) in [5.74, 6) is 0.573. The average molecular weight is 221 g/mol. The second-order valence-corrected chi connectivity index (χ2v) is 3.38. The van der Waals surface area contributed by atoms with Crippen LogP contribution in [0, 0.1) is 0 Å². The average Bonchev–Trinajstić information content (AvgIpc) is 2.30. The fourth-order valence-electron chi connectivity index (χ4n) is 1.23. The number of hydrogen-bond donors (Lipinski definition) is 0. The van der Waals surface area contributed by atoms with Crippen molar-refractivity contribution in [2.75, 3.05) is 7.11 Å². The summed E-state index contributed by atoms with van der Waals surface area (Å²) in [5, 5.41) is 0.625. The molecule has 4 heteroatoms. The summed E-state index contributed by atoms with van der Waals surface area (Å²) in [7, 11) is 1.58. The fourth-order valence-corrected chi connectivity index (χ4v) is 1.34. The van der Waals surface area contributed by atoms with Crippen LogP contribution in [0.25, 0.3) is 11.3 Å². The van der Waals surface area contributed by atoms with Crippen LogP contribution < -0.4 is 4.74 Å². The van der Waals surface area contributed by atoms with E-state index in [-0.39, 0.29) is 0 Å². The summed E-state index contributed by atoms with van der Waals surface area (Å²) in [5.41, 5.74) is 1.80. The Hall–Kier alpha value is -1.61. The maximum atomic E-state index is 5.76. The number of ether oxygens (including phenoxy) is 1. The first-order valence-electron chi connectivity index (χ1n) is 4.41. The molecule has 0 radical (unpaired) electrons. The molecule has 15 heavy (non-hydrogen) atoms. The molecule has 2 aromatic rings. The minimum Gasteiger partial charge on any atom is -0.481 e. The Bertz CT molecular complexity index is 456. The van der Waals surface area contributed by atoms with Gasteiger partial charge in [-0.25, -0.2) is 4.98 Å². The lowest BCUT2D eigenvalue weighted by molar-refractivity contribution is 0.398. The van der Waals surface area contributed by atoms with Gasteiger partial charge in [0.05, 0.1) is 17.8 Å². The third-order valence-corrected chi connectivity index (χ3v) is 2.19. The summed E-state index contributed by atoms with van der Waals surface area (Å²) >= 11 is 5.76. The Labute approximate surface area is 92.7 Å². The summed E-state index contributed by atoms with van der Waals surface area (Å²) < 4.78 is 5.04. The molecule has 2 heterocycles. The number of pyridine rings is 2. The van der Waals surface area contributed by atoms with Crippen molar-refractivity contribution in [3.63, 3.8) is 0 Å². The molecule has 76 valence electrons. The number of aromatic nitrogens is 2. The van der Waals surface area contributed by atoms with E-state index in [1.54, 1.807) is 25.6 Å². The van der Waals surface area contributed by atoms with Crippen molar-refractivity contribution < 1.29 is 4.74 Å². The molecule has 0 bridgehead atoms. The van der Waals surface area contributed by atoms with Gasteiger partial charge in [0.2, 0.25) is 5.88 Å². The maximum absolute atomic E-state index is 5.76. The summed E-state index contributed by atoms with van der Waals surface area (Å²) in [6.45, 7) is 0. The lowest BCUT2D eigenvalue weighted by atomic mass is 10.2. The van der Waals surface area contributed by atoms with Crippen LogP contribution in [0.2, 0.25) is 5.02 Å². The number of hydrogen-bond acceptors (Lipinski definition) is 3. The van der Waals surface area contributed by atoms with E-state index in [1.165, 1.54) is 0 Å². The van der Waals surface area contributed by atoms with Crippen LogP contribution in [0.5, 0.6) is 5.88 Å². The molecule has 0 saturated heterocycles. The molecule has 0 amide bonds. The molecule has 2 rings (SSSR count). The van der Waals surface area contributed by atoms with Crippen LogP contribution in [-0.4, -0.2) is 17.1 Å². The van der Waals surface area contributed by atoms with Crippen molar-refractivity contribution in [1.82, 2.24) is 9.97 Å². The van der Waals surface area contributed by atoms with Gasteiger partial charge in [0.15, 0.2) is 0 Å². The van der Waals surface area contributed by atoms with E-state index >= 15 is 0 Å². The first-order chi connectivity index (χ1) is 7.29. The van der Waals surface area contributed by atoms with E-state index < -0.39 is 0 Å². The molecule has 0 fully saturated rings. The van der Waals surface area contributed by atoms with Crippen molar-refractivity contribution >= 4 is 11.6 Å². The summed E-state index contributed by atoms with van der Waals surface area (Å²) in [6, 6.07) is 7.36. The van der Waals surface area contributed by atoms with Crippen LogP contribution in [-0.2, 0) is 0 Å². The molecule has 0 saturated carbocycles. The highest BCUT2D eigenvalue weighted by molar-refractivity contribution is 6.30. The van der Waals surface area contributed by atoms with Crippen LogP contribution >= 0.6 is 11.6 Å². The SMILES string of the molecule is COc1cc(-c2ccc(Cl)cn2)ccn1. The Morgan fingerprint density at radius 3 is 2.73 bits per heavy atom. The summed E-state index contributed by atoms with van der Waals surface area (Å²) in [4.78, 5) is 8.23. The van der Waals surface area contributed by atoms with Gasteiger partial charge in [-0.1, -0.05) is 11.6 Å². The monoisotopic (exact) mass is 220 g/mol. The van der Waals surface area contributed by atoms with Gasteiger partial charge >= 0.3 is 0 Å². The zero-order valence-electron chi connectivity index (χ0n) is 8.14.